The molecular formula is C11H23NO2S. The third kappa shape index (κ3) is 2.67. The van der Waals surface area contributed by atoms with Crippen molar-refractivity contribution in [3.63, 3.8) is 0 Å². The lowest BCUT2D eigenvalue weighted by Gasteiger charge is -2.54. The Kier molecular flexibility index (Phi) is 4.47. The molecule has 1 unspecified atom stereocenters. The van der Waals surface area contributed by atoms with E-state index < -0.39 is 0 Å². The standard InChI is InChI=1S/C11H23NO2S/c1-5-9(2)15-10(8-12)6-11(7-10,13-3)14-4/h9H,5-8,12H2,1-4H3. The predicted octanol–water partition coefficient (Wildman–Crippen LogP) is 2.00. The average molecular weight is 233 g/mol. The van der Waals surface area contributed by atoms with E-state index in [4.69, 9.17) is 15.2 Å². The van der Waals surface area contributed by atoms with Gasteiger partial charge >= 0.3 is 0 Å². The molecule has 0 radical (unpaired) electrons. The minimum Gasteiger partial charge on any atom is -0.353 e. The van der Waals surface area contributed by atoms with Crippen molar-refractivity contribution in [1.29, 1.82) is 0 Å². The van der Waals surface area contributed by atoms with Gasteiger partial charge in [-0.25, -0.2) is 0 Å². The summed E-state index contributed by atoms with van der Waals surface area (Å²) in [5.74, 6) is -0.375. The first kappa shape index (κ1) is 13.3. The van der Waals surface area contributed by atoms with Gasteiger partial charge < -0.3 is 15.2 Å². The molecular weight excluding hydrogens is 210 g/mol. The predicted molar refractivity (Wildman–Crippen MR) is 65.1 cm³/mol. The van der Waals surface area contributed by atoms with Crippen LogP contribution in [-0.2, 0) is 9.47 Å². The van der Waals surface area contributed by atoms with Crippen LogP contribution >= 0.6 is 11.8 Å². The summed E-state index contributed by atoms with van der Waals surface area (Å²) < 4.78 is 11.0. The molecule has 4 heteroatoms. The van der Waals surface area contributed by atoms with E-state index in [2.05, 4.69) is 13.8 Å². The first-order valence-electron chi connectivity index (χ1n) is 5.53. The molecule has 0 aliphatic heterocycles. The average Bonchev–Trinajstić information content (AvgIpc) is 2.22. The van der Waals surface area contributed by atoms with Crippen molar-refractivity contribution in [2.75, 3.05) is 20.8 Å². The van der Waals surface area contributed by atoms with E-state index in [0.717, 1.165) is 12.8 Å². The fourth-order valence-electron chi connectivity index (χ4n) is 2.09. The molecule has 1 saturated carbocycles. The lowest BCUT2D eigenvalue weighted by atomic mass is 9.77. The first-order valence-corrected chi connectivity index (χ1v) is 6.41. The maximum Gasteiger partial charge on any atom is 0.170 e. The van der Waals surface area contributed by atoms with Crippen LogP contribution in [0.5, 0.6) is 0 Å². The van der Waals surface area contributed by atoms with Crippen molar-refractivity contribution < 1.29 is 9.47 Å². The molecule has 0 saturated heterocycles. The van der Waals surface area contributed by atoms with Crippen molar-refractivity contribution in [1.82, 2.24) is 0 Å². The Balaban J connectivity index is 2.54. The smallest absolute Gasteiger partial charge is 0.170 e. The summed E-state index contributed by atoms with van der Waals surface area (Å²) in [7, 11) is 3.41. The highest BCUT2D eigenvalue weighted by molar-refractivity contribution is 8.01. The van der Waals surface area contributed by atoms with E-state index >= 15 is 0 Å². The normalized spacial score (nSPS) is 24.6. The lowest BCUT2D eigenvalue weighted by Crippen LogP contribution is -2.60. The number of methoxy groups -OCH3 is 2. The third-order valence-electron chi connectivity index (χ3n) is 3.33. The molecule has 1 aliphatic carbocycles. The highest BCUT2D eigenvalue weighted by atomic mass is 32.2. The van der Waals surface area contributed by atoms with Crippen LogP contribution in [0.1, 0.15) is 33.1 Å². The second kappa shape index (κ2) is 5.04. The summed E-state index contributed by atoms with van der Waals surface area (Å²) in [5.41, 5.74) is 5.87. The SMILES string of the molecule is CCC(C)SC1(CN)CC(OC)(OC)C1. The molecule has 0 bridgehead atoms. The van der Waals surface area contributed by atoms with Gasteiger partial charge in [-0.2, -0.15) is 11.8 Å². The Morgan fingerprint density at radius 3 is 2.20 bits per heavy atom. The van der Waals surface area contributed by atoms with Crippen LogP contribution in [0.25, 0.3) is 0 Å². The van der Waals surface area contributed by atoms with Crippen LogP contribution < -0.4 is 5.73 Å². The van der Waals surface area contributed by atoms with E-state index in [9.17, 15) is 0 Å². The number of ether oxygens (including phenoxy) is 2. The van der Waals surface area contributed by atoms with Crippen LogP contribution in [0.2, 0.25) is 0 Å². The molecule has 1 aliphatic rings. The van der Waals surface area contributed by atoms with Gasteiger partial charge in [0.25, 0.3) is 0 Å². The van der Waals surface area contributed by atoms with Gasteiger partial charge in [0, 0.05) is 43.6 Å². The highest BCUT2D eigenvalue weighted by Gasteiger charge is 2.55. The molecule has 1 fully saturated rings. The second-order valence-electron chi connectivity index (χ2n) is 4.40. The molecule has 1 rings (SSSR count). The van der Waals surface area contributed by atoms with E-state index in [0.29, 0.717) is 11.8 Å². The fraction of sp³-hybridized carbons (Fsp3) is 1.00. The summed E-state index contributed by atoms with van der Waals surface area (Å²) in [6.45, 7) is 5.17. The van der Waals surface area contributed by atoms with Gasteiger partial charge in [-0.15, -0.1) is 0 Å². The van der Waals surface area contributed by atoms with Gasteiger partial charge in [-0.05, 0) is 6.42 Å². The van der Waals surface area contributed by atoms with Crippen LogP contribution in [0.15, 0.2) is 0 Å². The van der Waals surface area contributed by atoms with Crippen LogP contribution in [0.3, 0.4) is 0 Å². The number of nitrogens with two attached hydrogens (primary N) is 1. The van der Waals surface area contributed by atoms with Crippen molar-refractivity contribution in [3.05, 3.63) is 0 Å². The van der Waals surface area contributed by atoms with Crippen LogP contribution in [0, 0.1) is 0 Å². The topological polar surface area (TPSA) is 44.5 Å². The van der Waals surface area contributed by atoms with Crippen molar-refractivity contribution in [2.24, 2.45) is 5.73 Å². The Hall–Kier alpha value is 0.230. The molecule has 0 heterocycles. The van der Waals surface area contributed by atoms with Crippen LogP contribution in [0.4, 0.5) is 0 Å². The molecule has 1 atom stereocenters. The van der Waals surface area contributed by atoms with Crippen molar-refractivity contribution in [3.8, 4) is 0 Å². The molecule has 15 heavy (non-hydrogen) atoms. The molecule has 0 spiro atoms. The molecule has 0 aromatic heterocycles. The largest absolute Gasteiger partial charge is 0.353 e. The fourth-order valence-corrected chi connectivity index (χ4v) is 3.81. The molecule has 3 nitrogen and oxygen atoms in total. The maximum atomic E-state index is 5.87. The van der Waals surface area contributed by atoms with E-state index in [1.807, 2.05) is 11.8 Å². The second-order valence-corrected chi connectivity index (χ2v) is 6.30. The van der Waals surface area contributed by atoms with Crippen molar-refractivity contribution in [2.45, 2.75) is 48.9 Å². The molecule has 2 N–H and O–H groups in total. The maximum absolute atomic E-state index is 5.87. The van der Waals surface area contributed by atoms with Gasteiger partial charge in [0.15, 0.2) is 5.79 Å². The van der Waals surface area contributed by atoms with Gasteiger partial charge in [-0.1, -0.05) is 13.8 Å². The highest BCUT2D eigenvalue weighted by Crippen LogP contribution is 2.53. The monoisotopic (exact) mass is 233 g/mol. The summed E-state index contributed by atoms with van der Waals surface area (Å²) >= 11 is 1.98. The Morgan fingerprint density at radius 1 is 1.33 bits per heavy atom. The molecule has 90 valence electrons. The Labute approximate surface area is 97.1 Å². The van der Waals surface area contributed by atoms with Gasteiger partial charge in [0.2, 0.25) is 0 Å². The summed E-state index contributed by atoms with van der Waals surface area (Å²) in [4.78, 5) is 0. The summed E-state index contributed by atoms with van der Waals surface area (Å²) in [6.07, 6.45) is 2.98. The molecule has 0 aromatic rings. The number of hydrogen-bond acceptors (Lipinski definition) is 4. The number of rotatable bonds is 6. The van der Waals surface area contributed by atoms with E-state index in [-0.39, 0.29) is 10.5 Å². The van der Waals surface area contributed by atoms with Crippen molar-refractivity contribution >= 4 is 11.8 Å². The minimum atomic E-state index is -0.375. The summed E-state index contributed by atoms with van der Waals surface area (Å²) in [6, 6.07) is 0. The lowest BCUT2D eigenvalue weighted by molar-refractivity contribution is -0.260. The number of thioether (sulfide) groups is 1. The summed E-state index contributed by atoms with van der Waals surface area (Å²) in [5, 5.41) is 0.653. The van der Waals surface area contributed by atoms with Gasteiger partial charge in [0.05, 0.1) is 0 Å². The van der Waals surface area contributed by atoms with Gasteiger partial charge in [0.1, 0.15) is 0 Å². The zero-order chi connectivity index (χ0) is 11.5. The Bertz CT molecular complexity index is 199. The molecule has 0 aromatic carbocycles. The zero-order valence-electron chi connectivity index (χ0n) is 10.2. The quantitative estimate of drug-likeness (QED) is 0.713. The van der Waals surface area contributed by atoms with E-state index in [1.54, 1.807) is 14.2 Å². The van der Waals surface area contributed by atoms with Crippen LogP contribution in [-0.4, -0.2) is 36.5 Å². The zero-order valence-corrected chi connectivity index (χ0v) is 11.0. The number of hydrogen-bond donors (Lipinski definition) is 1. The molecule has 0 amide bonds. The Morgan fingerprint density at radius 2 is 1.87 bits per heavy atom. The minimum absolute atomic E-state index is 0.168. The first-order chi connectivity index (χ1) is 7.05. The van der Waals surface area contributed by atoms with Gasteiger partial charge in [-0.3, -0.25) is 0 Å². The third-order valence-corrected chi connectivity index (χ3v) is 5.02. The van der Waals surface area contributed by atoms with E-state index in [1.165, 1.54) is 6.42 Å².